The number of aromatic nitrogens is 2. The molecule has 0 amide bonds. The van der Waals surface area contributed by atoms with Gasteiger partial charge in [0.25, 0.3) is 5.92 Å². The van der Waals surface area contributed by atoms with E-state index in [1.54, 1.807) is 24.3 Å². The van der Waals surface area contributed by atoms with E-state index in [0.717, 1.165) is 0 Å². The molecule has 4 rings (SSSR count). The Hall–Kier alpha value is -3.88. The van der Waals surface area contributed by atoms with Gasteiger partial charge in [-0.05, 0) is 42.6 Å². The number of aliphatic imine (C=N–C) groups is 1. The minimum absolute atomic E-state index is 0.0149. The molecule has 0 saturated carbocycles. The van der Waals surface area contributed by atoms with Crippen molar-refractivity contribution in [2.45, 2.75) is 5.92 Å². The molecule has 0 aliphatic carbocycles. The van der Waals surface area contributed by atoms with E-state index in [2.05, 4.69) is 10.1 Å². The fourth-order valence-electron chi connectivity index (χ4n) is 3.19. The van der Waals surface area contributed by atoms with Crippen molar-refractivity contribution in [3.63, 3.8) is 0 Å². The van der Waals surface area contributed by atoms with Gasteiger partial charge in [-0.1, -0.05) is 18.2 Å². The first kappa shape index (κ1) is 20.4. The van der Waals surface area contributed by atoms with Crippen LogP contribution in [0.5, 0.6) is 0 Å². The zero-order chi connectivity index (χ0) is 22.0. The summed E-state index contributed by atoms with van der Waals surface area (Å²) in [4.78, 5) is 18.2. The van der Waals surface area contributed by atoms with Crippen molar-refractivity contribution >= 4 is 17.1 Å². The lowest BCUT2D eigenvalue weighted by molar-refractivity contribution is -0.0262. The molecule has 9 heteroatoms. The lowest BCUT2D eigenvalue weighted by Gasteiger charge is -2.40. The molecular formula is C22H18F3N5O. The zero-order valence-electron chi connectivity index (χ0n) is 16.3. The summed E-state index contributed by atoms with van der Waals surface area (Å²) in [5.41, 5.74) is 6.31. The van der Waals surface area contributed by atoms with Crippen LogP contribution in [0.15, 0.2) is 82.9 Å². The van der Waals surface area contributed by atoms with Crippen LogP contribution in [-0.4, -0.2) is 34.5 Å². The maximum atomic E-state index is 14.8. The number of nitrogens with two attached hydrogens (primary N) is 1. The number of nitrogens with zero attached hydrogens (tertiary/aromatic N) is 4. The van der Waals surface area contributed by atoms with E-state index >= 15 is 0 Å². The molecule has 0 radical (unpaired) electrons. The zero-order valence-corrected chi connectivity index (χ0v) is 16.3. The molecule has 1 aromatic heterocycles. The summed E-state index contributed by atoms with van der Waals surface area (Å²) in [6.07, 6.45) is 4.00. The summed E-state index contributed by atoms with van der Waals surface area (Å²) >= 11 is 0. The molecule has 1 fully saturated rings. The Morgan fingerprint density at radius 1 is 1.13 bits per heavy atom. The molecule has 6 nitrogen and oxygen atoms in total. The van der Waals surface area contributed by atoms with Gasteiger partial charge in [-0.25, -0.2) is 22.8 Å². The number of benzene rings is 2. The maximum absolute atomic E-state index is 14.8. The molecule has 3 aromatic rings. The van der Waals surface area contributed by atoms with E-state index in [1.807, 2.05) is 6.07 Å². The minimum atomic E-state index is -2.75. The third-order valence-electron chi connectivity index (χ3n) is 4.70. The summed E-state index contributed by atoms with van der Waals surface area (Å²) in [6.45, 7) is -0.895. The third-order valence-corrected chi connectivity index (χ3v) is 4.70. The Labute approximate surface area is 175 Å². The first-order valence-electron chi connectivity index (χ1n) is 9.41. The van der Waals surface area contributed by atoms with Gasteiger partial charge in [-0.3, -0.25) is 4.79 Å². The van der Waals surface area contributed by atoms with Gasteiger partial charge >= 0.3 is 0 Å². The highest BCUT2D eigenvalue weighted by molar-refractivity contribution is 6.08. The molecule has 1 aliphatic heterocycles. The van der Waals surface area contributed by atoms with Crippen molar-refractivity contribution in [2.75, 3.05) is 18.0 Å². The predicted octanol–water partition coefficient (Wildman–Crippen LogP) is 3.42. The van der Waals surface area contributed by atoms with E-state index in [4.69, 9.17) is 5.73 Å². The van der Waals surface area contributed by atoms with Gasteiger partial charge in [0.15, 0.2) is 11.5 Å². The molecule has 1 saturated heterocycles. The quantitative estimate of drug-likeness (QED) is 0.636. The number of anilines is 1. The van der Waals surface area contributed by atoms with Crippen molar-refractivity contribution in [3.05, 3.63) is 94.8 Å². The van der Waals surface area contributed by atoms with Gasteiger partial charge < -0.3 is 10.6 Å². The fourth-order valence-corrected chi connectivity index (χ4v) is 3.19. The molecule has 2 heterocycles. The molecular weight excluding hydrogens is 407 g/mol. The molecule has 31 heavy (non-hydrogen) atoms. The highest BCUT2D eigenvalue weighted by Crippen LogP contribution is 2.32. The van der Waals surface area contributed by atoms with E-state index in [0.29, 0.717) is 11.4 Å². The van der Waals surface area contributed by atoms with Crippen molar-refractivity contribution in [1.29, 1.82) is 0 Å². The fraction of sp³-hybridized carbons (Fsp3) is 0.136. The number of hydrogen-bond acceptors (Lipinski definition) is 5. The lowest BCUT2D eigenvalue weighted by atomic mass is 10.1. The Kier molecular flexibility index (Phi) is 5.33. The number of rotatable bonds is 5. The van der Waals surface area contributed by atoms with Crippen molar-refractivity contribution < 1.29 is 13.2 Å². The van der Waals surface area contributed by atoms with Gasteiger partial charge in [0.2, 0.25) is 5.43 Å². The second-order valence-corrected chi connectivity index (χ2v) is 7.01. The number of halogens is 3. The van der Waals surface area contributed by atoms with Crippen LogP contribution in [0.4, 0.5) is 24.5 Å². The Balaban J connectivity index is 1.71. The van der Waals surface area contributed by atoms with Crippen LogP contribution in [-0.2, 0) is 0 Å². The first-order valence-corrected chi connectivity index (χ1v) is 9.41. The maximum Gasteiger partial charge on any atom is 0.282 e. The number of para-hydroxylation sites is 1. The van der Waals surface area contributed by atoms with Gasteiger partial charge in [0, 0.05) is 18.0 Å². The first-order chi connectivity index (χ1) is 14.9. The number of alkyl halides is 2. The molecule has 0 unspecified atom stereocenters. The average Bonchev–Trinajstić information content (AvgIpc) is 2.73. The van der Waals surface area contributed by atoms with Crippen LogP contribution < -0.4 is 16.1 Å². The van der Waals surface area contributed by atoms with Crippen LogP contribution in [0.1, 0.15) is 5.69 Å². The molecule has 2 N–H and O–H groups in total. The molecule has 0 bridgehead atoms. The molecule has 2 aromatic carbocycles. The monoisotopic (exact) mass is 425 g/mol. The standard InChI is InChI=1S/C22H18F3N5O/c23-17-12-16(29-13-22(24,25)14-29)6-7-19(17)30-11-9-20(31)21(28-30)18(8-10-26)27-15-4-2-1-3-5-15/h1-12H,13-14,26H2. The summed E-state index contributed by atoms with van der Waals surface area (Å²) in [6, 6.07) is 14.3. The number of hydrogen-bond donors (Lipinski definition) is 1. The van der Waals surface area contributed by atoms with Gasteiger partial charge in [-0.2, -0.15) is 5.10 Å². The molecule has 0 spiro atoms. The summed E-state index contributed by atoms with van der Waals surface area (Å²) in [5, 5.41) is 4.24. The molecule has 0 atom stereocenters. The van der Waals surface area contributed by atoms with Crippen LogP contribution in [0.2, 0.25) is 0 Å². The second-order valence-electron chi connectivity index (χ2n) is 7.01. The minimum Gasteiger partial charge on any atom is -0.405 e. The average molecular weight is 425 g/mol. The van der Waals surface area contributed by atoms with Gasteiger partial charge in [-0.15, -0.1) is 0 Å². The summed E-state index contributed by atoms with van der Waals surface area (Å²) < 4.78 is 42.1. The molecule has 158 valence electrons. The Morgan fingerprint density at radius 2 is 1.87 bits per heavy atom. The largest absolute Gasteiger partial charge is 0.405 e. The predicted molar refractivity (Wildman–Crippen MR) is 113 cm³/mol. The van der Waals surface area contributed by atoms with E-state index in [1.165, 1.54) is 52.3 Å². The highest BCUT2D eigenvalue weighted by atomic mass is 19.3. The van der Waals surface area contributed by atoms with Crippen LogP contribution >= 0.6 is 0 Å². The summed E-state index contributed by atoms with van der Waals surface area (Å²) in [5.74, 6) is -3.42. The Morgan fingerprint density at radius 3 is 2.52 bits per heavy atom. The van der Waals surface area contributed by atoms with Crippen molar-refractivity contribution in [1.82, 2.24) is 9.78 Å². The van der Waals surface area contributed by atoms with Crippen molar-refractivity contribution in [2.24, 2.45) is 10.7 Å². The lowest BCUT2D eigenvalue weighted by Crippen LogP contribution is -2.56. The Bertz CT molecular complexity index is 1210. The smallest absolute Gasteiger partial charge is 0.282 e. The summed E-state index contributed by atoms with van der Waals surface area (Å²) in [7, 11) is 0. The van der Waals surface area contributed by atoms with Crippen LogP contribution in [0, 0.1) is 5.82 Å². The normalized spacial score (nSPS) is 15.8. The van der Waals surface area contributed by atoms with Gasteiger partial charge in [0.05, 0.1) is 24.5 Å². The van der Waals surface area contributed by atoms with Crippen LogP contribution in [0.3, 0.4) is 0 Å². The third kappa shape index (κ3) is 4.35. The van der Waals surface area contributed by atoms with Crippen molar-refractivity contribution in [3.8, 4) is 5.69 Å². The van der Waals surface area contributed by atoms with Crippen LogP contribution in [0.25, 0.3) is 5.69 Å². The SMILES string of the molecule is NC=CC(=Nc1ccccc1)c1nn(-c2ccc(N3CC(F)(F)C3)cc2F)ccc1=O. The van der Waals surface area contributed by atoms with E-state index in [-0.39, 0.29) is 17.1 Å². The van der Waals surface area contributed by atoms with Gasteiger partial charge in [0.1, 0.15) is 5.69 Å². The molecule has 1 aliphatic rings. The highest BCUT2D eigenvalue weighted by Gasteiger charge is 2.44. The topological polar surface area (TPSA) is 76.5 Å². The second kappa shape index (κ2) is 8.10. The number of allylic oxidation sites excluding steroid dienone is 1. The van der Waals surface area contributed by atoms with E-state index < -0.39 is 30.3 Å². The van der Waals surface area contributed by atoms with E-state index in [9.17, 15) is 18.0 Å².